The van der Waals surface area contributed by atoms with Crippen LogP contribution in [0.5, 0.6) is 0 Å². The van der Waals surface area contributed by atoms with E-state index in [0.29, 0.717) is 22.6 Å². The zero-order valence-electron chi connectivity index (χ0n) is 20.0. The summed E-state index contributed by atoms with van der Waals surface area (Å²) < 4.78 is 1.70. The van der Waals surface area contributed by atoms with Crippen LogP contribution in [0.4, 0.5) is 5.69 Å². The van der Waals surface area contributed by atoms with Crippen LogP contribution in [-0.2, 0) is 6.54 Å². The molecule has 0 amide bonds. The molecule has 1 aliphatic heterocycles. The summed E-state index contributed by atoms with van der Waals surface area (Å²) in [6.45, 7) is 6.24. The Morgan fingerprint density at radius 3 is 2.39 bits per heavy atom. The quantitative estimate of drug-likeness (QED) is 0.531. The summed E-state index contributed by atoms with van der Waals surface area (Å²) in [5.41, 5.74) is 2.31. The van der Waals surface area contributed by atoms with E-state index in [0.717, 1.165) is 56.3 Å². The fourth-order valence-electron chi connectivity index (χ4n) is 4.21. The third kappa shape index (κ3) is 5.22. The number of hydrogen-bond acceptors (Lipinski definition) is 6. The molecule has 7 nitrogen and oxygen atoms in total. The van der Waals surface area contributed by atoms with Gasteiger partial charge in [0, 0.05) is 46.3 Å². The number of halogens is 1. The number of likely N-dealkylation sites (N-methyl/N-ethyl adjacent to an activating group) is 3. The SMILES string of the molecule is CN(C)CCN(C)c1cccc2c(=O)n(-c3ccccc3Cl)c(CN3CCN(C)CC3)nc12. The first kappa shape index (κ1) is 23.7. The molecule has 0 N–H and O–H groups in total. The Balaban J connectivity index is 1.85. The van der Waals surface area contributed by atoms with Crippen LogP contribution in [0.3, 0.4) is 0 Å². The summed E-state index contributed by atoms with van der Waals surface area (Å²) in [5.74, 6) is 0.721. The van der Waals surface area contributed by atoms with Crippen LogP contribution in [0.15, 0.2) is 47.3 Å². The molecule has 4 rings (SSSR count). The van der Waals surface area contributed by atoms with Gasteiger partial charge in [0.05, 0.1) is 28.3 Å². The second-order valence-corrected chi connectivity index (χ2v) is 9.50. The van der Waals surface area contributed by atoms with E-state index in [2.05, 4.69) is 47.8 Å². The molecule has 3 aromatic rings. The van der Waals surface area contributed by atoms with Crippen molar-refractivity contribution in [2.24, 2.45) is 0 Å². The van der Waals surface area contributed by atoms with Crippen LogP contribution >= 0.6 is 11.6 Å². The Morgan fingerprint density at radius 1 is 0.970 bits per heavy atom. The second-order valence-electron chi connectivity index (χ2n) is 9.10. The average molecular weight is 469 g/mol. The first-order valence-electron chi connectivity index (χ1n) is 11.4. The third-order valence-electron chi connectivity index (χ3n) is 6.30. The van der Waals surface area contributed by atoms with Gasteiger partial charge in [0.25, 0.3) is 5.56 Å². The molecule has 2 heterocycles. The lowest BCUT2D eigenvalue weighted by Crippen LogP contribution is -2.44. The van der Waals surface area contributed by atoms with Gasteiger partial charge < -0.3 is 14.7 Å². The van der Waals surface area contributed by atoms with Gasteiger partial charge >= 0.3 is 0 Å². The molecule has 0 aliphatic carbocycles. The molecule has 0 atom stereocenters. The van der Waals surface area contributed by atoms with Crippen LogP contribution in [-0.4, -0.2) is 91.7 Å². The van der Waals surface area contributed by atoms with Crippen molar-refractivity contribution in [1.82, 2.24) is 24.3 Å². The van der Waals surface area contributed by atoms with E-state index in [1.807, 2.05) is 42.5 Å². The minimum Gasteiger partial charge on any atom is -0.372 e. The molecule has 0 saturated carbocycles. The minimum absolute atomic E-state index is 0.0833. The van der Waals surface area contributed by atoms with Crippen LogP contribution in [0.25, 0.3) is 16.6 Å². The number of hydrogen-bond donors (Lipinski definition) is 0. The van der Waals surface area contributed by atoms with Gasteiger partial charge in [-0.2, -0.15) is 0 Å². The average Bonchev–Trinajstić information content (AvgIpc) is 2.80. The van der Waals surface area contributed by atoms with Gasteiger partial charge in [-0.25, -0.2) is 4.98 Å². The van der Waals surface area contributed by atoms with Crippen molar-refractivity contribution >= 4 is 28.2 Å². The van der Waals surface area contributed by atoms with E-state index in [1.165, 1.54) is 0 Å². The zero-order chi connectivity index (χ0) is 23.5. The number of piperazine rings is 1. The van der Waals surface area contributed by atoms with Crippen LogP contribution in [0, 0.1) is 0 Å². The molecule has 176 valence electrons. The van der Waals surface area contributed by atoms with Crippen molar-refractivity contribution in [3.63, 3.8) is 0 Å². The van der Waals surface area contributed by atoms with E-state index in [4.69, 9.17) is 16.6 Å². The minimum atomic E-state index is -0.0833. The van der Waals surface area contributed by atoms with Gasteiger partial charge in [-0.3, -0.25) is 14.3 Å². The van der Waals surface area contributed by atoms with Crippen molar-refractivity contribution in [3.05, 3.63) is 63.7 Å². The predicted molar refractivity (Wildman–Crippen MR) is 137 cm³/mol. The predicted octanol–water partition coefficient (Wildman–Crippen LogP) is 2.78. The number of nitrogens with zero attached hydrogens (tertiary/aromatic N) is 6. The van der Waals surface area contributed by atoms with E-state index in [-0.39, 0.29) is 5.56 Å². The van der Waals surface area contributed by atoms with E-state index in [9.17, 15) is 4.79 Å². The monoisotopic (exact) mass is 468 g/mol. The van der Waals surface area contributed by atoms with Crippen molar-refractivity contribution in [1.29, 1.82) is 0 Å². The smallest absolute Gasteiger partial charge is 0.266 e. The van der Waals surface area contributed by atoms with E-state index < -0.39 is 0 Å². The number of rotatable bonds is 7. The maximum atomic E-state index is 13.8. The second kappa shape index (κ2) is 10.2. The maximum absolute atomic E-state index is 13.8. The van der Waals surface area contributed by atoms with Gasteiger partial charge in [-0.05, 0) is 45.4 Å². The molecule has 0 unspecified atom stereocenters. The Hall–Kier alpha value is -2.45. The first-order valence-corrected chi connectivity index (χ1v) is 11.8. The number of anilines is 1. The molecule has 2 aromatic carbocycles. The Bertz CT molecular complexity index is 1170. The standard InChI is InChI=1S/C25H33ClN6O/c1-28(2)12-15-30(4)22-11-7-8-19-24(22)27-23(18-31-16-13-29(3)14-17-31)32(25(19)33)21-10-6-5-9-20(21)26/h5-11H,12-18H2,1-4H3. The van der Waals surface area contributed by atoms with Crippen LogP contribution in [0.2, 0.25) is 5.02 Å². The van der Waals surface area contributed by atoms with Crippen molar-refractivity contribution in [2.45, 2.75) is 6.54 Å². The van der Waals surface area contributed by atoms with E-state index >= 15 is 0 Å². The fraction of sp³-hybridized carbons (Fsp3) is 0.440. The lowest BCUT2D eigenvalue weighted by Gasteiger charge is -2.32. The first-order chi connectivity index (χ1) is 15.8. The molecular formula is C25H33ClN6O. The summed E-state index contributed by atoms with van der Waals surface area (Å²) in [5, 5.41) is 1.14. The highest BCUT2D eigenvalue weighted by Gasteiger charge is 2.21. The summed E-state index contributed by atoms with van der Waals surface area (Å²) in [6.07, 6.45) is 0. The Labute approximate surface area is 200 Å². The van der Waals surface area contributed by atoms with E-state index in [1.54, 1.807) is 4.57 Å². The Kier molecular flexibility index (Phi) is 7.34. The molecule has 1 aromatic heterocycles. The fourth-order valence-corrected chi connectivity index (χ4v) is 4.43. The number of benzene rings is 2. The van der Waals surface area contributed by atoms with Crippen molar-refractivity contribution in [3.8, 4) is 5.69 Å². The molecule has 8 heteroatoms. The molecule has 33 heavy (non-hydrogen) atoms. The molecular weight excluding hydrogens is 436 g/mol. The molecule has 0 bridgehead atoms. The zero-order valence-corrected chi connectivity index (χ0v) is 20.7. The number of aromatic nitrogens is 2. The molecule has 0 spiro atoms. The highest BCUT2D eigenvalue weighted by atomic mass is 35.5. The molecule has 0 radical (unpaired) electrons. The van der Waals surface area contributed by atoms with Gasteiger partial charge in [0.2, 0.25) is 0 Å². The normalized spacial score (nSPS) is 15.5. The largest absolute Gasteiger partial charge is 0.372 e. The summed E-state index contributed by atoms with van der Waals surface area (Å²) in [4.78, 5) is 28.0. The molecule has 1 aliphatic rings. The molecule has 1 fully saturated rings. The lowest BCUT2D eigenvalue weighted by atomic mass is 10.1. The van der Waals surface area contributed by atoms with Gasteiger partial charge in [-0.1, -0.05) is 29.8 Å². The van der Waals surface area contributed by atoms with Gasteiger partial charge in [0.1, 0.15) is 11.3 Å². The lowest BCUT2D eigenvalue weighted by molar-refractivity contribution is 0.144. The highest BCUT2D eigenvalue weighted by Crippen LogP contribution is 2.26. The maximum Gasteiger partial charge on any atom is 0.266 e. The number of para-hydroxylation sites is 2. The summed E-state index contributed by atoms with van der Waals surface area (Å²) in [6, 6.07) is 13.3. The van der Waals surface area contributed by atoms with Crippen molar-refractivity contribution in [2.75, 3.05) is 72.4 Å². The highest BCUT2D eigenvalue weighted by molar-refractivity contribution is 6.32. The van der Waals surface area contributed by atoms with Crippen molar-refractivity contribution < 1.29 is 0 Å². The third-order valence-corrected chi connectivity index (χ3v) is 6.61. The number of fused-ring (bicyclic) bond motifs is 1. The topological polar surface area (TPSA) is 47.9 Å². The van der Waals surface area contributed by atoms with Gasteiger partial charge in [-0.15, -0.1) is 0 Å². The van der Waals surface area contributed by atoms with Crippen LogP contribution in [0.1, 0.15) is 5.82 Å². The summed E-state index contributed by atoms with van der Waals surface area (Å²) in [7, 11) is 8.32. The van der Waals surface area contributed by atoms with Gasteiger partial charge in [0.15, 0.2) is 0 Å². The molecule has 1 saturated heterocycles. The summed E-state index contributed by atoms with van der Waals surface area (Å²) >= 11 is 6.55. The Morgan fingerprint density at radius 2 is 1.70 bits per heavy atom. The van der Waals surface area contributed by atoms with Crippen LogP contribution < -0.4 is 10.5 Å².